The summed E-state index contributed by atoms with van der Waals surface area (Å²) in [5.74, 6) is 5.27. The molecule has 4 amide bonds. The molecule has 2 aliphatic heterocycles. The molecule has 12 nitrogen and oxygen atoms in total. The molecule has 0 radical (unpaired) electrons. The number of nitrogens with zero attached hydrogens (tertiary/aromatic N) is 5. The van der Waals surface area contributed by atoms with E-state index in [9.17, 15) is 19.2 Å². The number of azide groups is 1. The van der Waals surface area contributed by atoms with Gasteiger partial charge in [-0.25, -0.2) is 4.79 Å². The first-order valence-corrected chi connectivity index (χ1v) is 14.4. The lowest BCUT2D eigenvalue weighted by atomic mass is 10.0. The van der Waals surface area contributed by atoms with E-state index in [0.717, 1.165) is 36.8 Å². The number of imide groups is 1. The molecule has 42 heavy (non-hydrogen) atoms. The Hall–Kier alpha value is -4.07. The summed E-state index contributed by atoms with van der Waals surface area (Å²) in [5.41, 5.74) is 9.75. The molecule has 0 aliphatic carbocycles. The molecule has 1 fully saturated rings. The Kier molecular flexibility index (Phi) is 12.2. The van der Waals surface area contributed by atoms with Crippen molar-refractivity contribution in [2.75, 3.05) is 32.8 Å². The van der Waals surface area contributed by atoms with Gasteiger partial charge in [-0.1, -0.05) is 17.0 Å². The predicted molar refractivity (Wildman–Crippen MR) is 155 cm³/mol. The molecule has 1 unspecified atom stereocenters. The lowest BCUT2D eigenvalue weighted by Crippen LogP contribution is -2.52. The minimum atomic E-state index is -0.655. The van der Waals surface area contributed by atoms with Gasteiger partial charge in [-0.15, -0.1) is 0 Å². The molecule has 0 aromatic heterocycles. The van der Waals surface area contributed by atoms with Gasteiger partial charge in [0.2, 0.25) is 11.8 Å². The first kappa shape index (κ1) is 32.4. The number of amides is 4. The fourth-order valence-electron chi connectivity index (χ4n) is 4.67. The van der Waals surface area contributed by atoms with E-state index < -0.39 is 17.6 Å². The van der Waals surface area contributed by atoms with E-state index in [0.29, 0.717) is 57.8 Å². The molecule has 2 heterocycles. The Morgan fingerprint density at radius 3 is 2.64 bits per heavy atom. The Balaban J connectivity index is 1.50. The van der Waals surface area contributed by atoms with Crippen molar-refractivity contribution in [1.82, 2.24) is 15.1 Å². The second-order valence-electron chi connectivity index (χ2n) is 11.3. The molecule has 1 aromatic carbocycles. The lowest BCUT2D eigenvalue weighted by Gasteiger charge is -2.29. The third kappa shape index (κ3) is 10.1. The third-order valence-electron chi connectivity index (χ3n) is 6.74. The van der Waals surface area contributed by atoms with Gasteiger partial charge in [-0.2, -0.15) is 0 Å². The van der Waals surface area contributed by atoms with Crippen LogP contribution in [0.1, 0.15) is 87.2 Å². The van der Waals surface area contributed by atoms with Gasteiger partial charge in [-0.05, 0) is 82.2 Å². The highest BCUT2D eigenvalue weighted by atomic mass is 16.6. The Morgan fingerprint density at radius 2 is 1.93 bits per heavy atom. The van der Waals surface area contributed by atoms with Crippen LogP contribution in [0.3, 0.4) is 0 Å². The second kappa shape index (κ2) is 15.8. The average molecular weight is 581 g/mol. The lowest BCUT2D eigenvalue weighted by molar-refractivity contribution is -0.136. The van der Waals surface area contributed by atoms with Crippen molar-refractivity contribution in [3.05, 3.63) is 45.3 Å². The summed E-state index contributed by atoms with van der Waals surface area (Å²) >= 11 is 0. The molecule has 1 N–H and O–H groups in total. The zero-order valence-electron chi connectivity index (χ0n) is 24.7. The first-order valence-electron chi connectivity index (χ1n) is 14.4. The van der Waals surface area contributed by atoms with Gasteiger partial charge in [-0.3, -0.25) is 19.7 Å². The summed E-state index contributed by atoms with van der Waals surface area (Å²) in [5, 5.41) is 5.81. The van der Waals surface area contributed by atoms with Crippen molar-refractivity contribution in [3.8, 4) is 11.8 Å². The smallest absolute Gasteiger partial charge is 0.410 e. The highest BCUT2D eigenvalue weighted by Crippen LogP contribution is 2.28. The number of hydrogen-bond acceptors (Lipinski definition) is 7. The number of carbonyl (C=O) groups is 4. The number of ether oxygens (including phenoxy) is 2. The van der Waals surface area contributed by atoms with Gasteiger partial charge >= 0.3 is 6.09 Å². The zero-order valence-corrected chi connectivity index (χ0v) is 24.7. The van der Waals surface area contributed by atoms with E-state index in [1.54, 1.807) is 17.0 Å². The molecule has 1 atom stereocenters. The summed E-state index contributed by atoms with van der Waals surface area (Å²) < 4.78 is 11.2. The normalized spacial score (nSPS) is 16.2. The van der Waals surface area contributed by atoms with Crippen LogP contribution >= 0.6 is 0 Å². The minimum Gasteiger partial charge on any atom is -0.444 e. The number of rotatable bonds is 13. The quantitative estimate of drug-likeness (QED) is 0.0916. The second-order valence-corrected chi connectivity index (χ2v) is 11.3. The molecule has 1 aromatic rings. The van der Waals surface area contributed by atoms with Crippen molar-refractivity contribution in [2.45, 2.75) is 83.9 Å². The van der Waals surface area contributed by atoms with Crippen LogP contribution in [-0.2, 0) is 25.6 Å². The molecular weight excluding hydrogens is 540 g/mol. The molecular formula is C30H40N6O6. The molecule has 0 bridgehead atoms. The van der Waals surface area contributed by atoms with Gasteiger partial charge in [0.1, 0.15) is 11.6 Å². The number of piperidine rings is 1. The van der Waals surface area contributed by atoms with Gasteiger partial charge in [0.15, 0.2) is 0 Å². The van der Waals surface area contributed by atoms with E-state index in [2.05, 4.69) is 27.2 Å². The van der Waals surface area contributed by atoms with E-state index in [1.807, 2.05) is 26.8 Å². The Morgan fingerprint density at radius 1 is 1.17 bits per heavy atom. The number of carbonyl (C=O) groups excluding carboxylic acids is 4. The monoisotopic (exact) mass is 580 g/mol. The average Bonchev–Trinajstić information content (AvgIpc) is 3.25. The summed E-state index contributed by atoms with van der Waals surface area (Å²) in [6, 6.07) is 4.70. The number of hydrogen-bond donors (Lipinski definition) is 1. The van der Waals surface area contributed by atoms with Crippen LogP contribution in [0.15, 0.2) is 23.3 Å². The molecule has 3 rings (SSSR count). The fraction of sp³-hybridized carbons (Fsp3) is 0.600. The van der Waals surface area contributed by atoms with Crippen LogP contribution in [0.2, 0.25) is 0 Å². The van der Waals surface area contributed by atoms with E-state index in [1.165, 1.54) is 4.90 Å². The summed E-state index contributed by atoms with van der Waals surface area (Å²) in [6.07, 6.45) is 3.77. The molecule has 0 spiro atoms. The van der Waals surface area contributed by atoms with Gasteiger partial charge in [0.25, 0.3) is 5.91 Å². The predicted octanol–water partition coefficient (Wildman–Crippen LogP) is 4.31. The van der Waals surface area contributed by atoms with E-state index in [-0.39, 0.29) is 24.3 Å². The highest BCUT2D eigenvalue weighted by molar-refractivity contribution is 6.05. The SMILES string of the molecule is CC(C)(C)OC(=O)N(CCC#Cc1ccc2c(c1)CN(C1CCC(=O)NC1=O)C2=O)CCCCOCCCCN=[N+]=[N-]. The van der Waals surface area contributed by atoms with E-state index >= 15 is 0 Å². The van der Waals surface area contributed by atoms with Crippen LogP contribution in [0.5, 0.6) is 0 Å². The Bertz CT molecular complexity index is 1260. The van der Waals surface area contributed by atoms with Gasteiger partial charge in [0.05, 0.1) is 0 Å². The standard InChI is InChI=1S/C30H40N6O6/c1-30(2,3)42-29(40)35(17-7-9-19-41-18-8-5-15-32-34-31)16-6-4-10-22-11-12-24-23(20-22)21-36(28(24)39)25-13-14-26(37)33-27(25)38/h11-12,20,25H,5-9,13-19,21H2,1-3H3,(H,33,37,38). The first-order chi connectivity index (χ1) is 20.1. The molecule has 226 valence electrons. The van der Waals surface area contributed by atoms with Crippen LogP contribution < -0.4 is 5.32 Å². The maximum absolute atomic E-state index is 12.9. The molecule has 2 aliphatic rings. The zero-order chi connectivity index (χ0) is 30.5. The molecule has 0 saturated carbocycles. The van der Waals surface area contributed by atoms with Crippen molar-refractivity contribution in [2.24, 2.45) is 5.11 Å². The maximum Gasteiger partial charge on any atom is 0.410 e. The topological polar surface area (TPSA) is 154 Å². The summed E-state index contributed by atoms with van der Waals surface area (Å²) in [4.78, 5) is 55.3. The van der Waals surface area contributed by atoms with Crippen molar-refractivity contribution < 1.29 is 28.7 Å². The largest absolute Gasteiger partial charge is 0.444 e. The van der Waals surface area contributed by atoms with Crippen molar-refractivity contribution in [1.29, 1.82) is 0 Å². The highest BCUT2D eigenvalue weighted by Gasteiger charge is 2.39. The number of fused-ring (bicyclic) bond motifs is 1. The van der Waals surface area contributed by atoms with Crippen LogP contribution in [-0.4, -0.2) is 78.1 Å². The van der Waals surface area contributed by atoms with Crippen LogP contribution in [0.25, 0.3) is 10.4 Å². The Labute approximate surface area is 246 Å². The van der Waals surface area contributed by atoms with Crippen LogP contribution in [0.4, 0.5) is 4.79 Å². The summed E-state index contributed by atoms with van der Waals surface area (Å²) in [7, 11) is 0. The van der Waals surface area contributed by atoms with Gasteiger partial charge in [0, 0.05) is 68.3 Å². The maximum atomic E-state index is 12.9. The van der Waals surface area contributed by atoms with Crippen molar-refractivity contribution in [3.63, 3.8) is 0 Å². The van der Waals surface area contributed by atoms with Gasteiger partial charge < -0.3 is 19.3 Å². The van der Waals surface area contributed by atoms with E-state index in [4.69, 9.17) is 15.0 Å². The van der Waals surface area contributed by atoms with Crippen LogP contribution in [0, 0.1) is 11.8 Å². The minimum absolute atomic E-state index is 0.211. The molecule has 12 heteroatoms. The summed E-state index contributed by atoms with van der Waals surface area (Å²) in [6.45, 7) is 8.40. The number of nitrogens with one attached hydrogen (secondary N) is 1. The fourth-order valence-corrected chi connectivity index (χ4v) is 4.67. The number of unbranched alkanes of at least 4 members (excludes halogenated alkanes) is 2. The van der Waals surface area contributed by atoms with Crippen molar-refractivity contribution >= 4 is 23.8 Å². The third-order valence-corrected chi connectivity index (χ3v) is 6.74. The number of benzene rings is 1. The molecule has 1 saturated heterocycles.